The first-order valence-electron chi connectivity index (χ1n) is 10.5. The fourth-order valence-electron chi connectivity index (χ4n) is 3.66. The average Bonchev–Trinajstić information content (AvgIpc) is 3.47. The maximum absolute atomic E-state index is 12.7. The average molecular weight is 437 g/mol. The highest BCUT2D eigenvalue weighted by Gasteiger charge is 2.25. The van der Waals surface area contributed by atoms with E-state index < -0.39 is 6.61 Å². The van der Waals surface area contributed by atoms with E-state index in [0.29, 0.717) is 25.6 Å². The molecule has 0 spiro atoms. The molecule has 3 rings (SSSR count). The van der Waals surface area contributed by atoms with E-state index in [4.69, 9.17) is 9.15 Å². The molecule has 1 atom stereocenters. The van der Waals surface area contributed by atoms with E-state index >= 15 is 0 Å². The van der Waals surface area contributed by atoms with E-state index in [0.717, 1.165) is 24.4 Å². The Morgan fingerprint density at radius 3 is 2.65 bits per heavy atom. The van der Waals surface area contributed by atoms with Gasteiger partial charge in [-0.1, -0.05) is 6.07 Å². The number of hydrogen-bond donors (Lipinski definition) is 2. The van der Waals surface area contributed by atoms with Crippen LogP contribution in [0.25, 0.3) is 0 Å². The van der Waals surface area contributed by atoms with Gasteiger partial charge in [-0.2, -0.15) is 8.78 Å². The number of ether oxygens (including phenoxy) is 2. The summed E-state index contributed by atoms with van der Waals surface area (Å²) >= 11 is 0. The Labute approximate surface area is 181 Å². The van der Waals surface area contributed by atoms with E-state index in [-0.39, 0.29) is 17.5 Å². The highest BCUT2D eigenvalue weighted by atomic mass is 19.3. The minimum atomic E-state index is -2.92. The molecule has 0 aliphatic carbocycles. The normalized spacial score (nSPS) is 15.8. The summed E-state index contributed by atoms with van der Waals surface area (Å²) in [6.07, 6.45) is 4.07. The molecule has 170 valence electrons. The van der Waals surface area contributed by atoms with Gasteiger partial charge in [-0.05, 0) is 62.7 Å². The zero-order valence-electron chi connectivity index (χ0n) is 17.9. The molecule has 2 N–H and O–H groups in total. The van der Waals surface area contributed by atoms with Gasteiger partial charge in [-0.25, -0.2) is 4.99 Å². The molecule has 1 aliphatic rings. The number of furan rings is 1. The molecule has 1 aromatic carbocycles. The maximum Gasteiger partial charge on any atom is 0.387 e. The summed E-state index contributed by atoms with van der Waals surface area (Å²) in [5, 5.41) is 6.61. The first kappa shape index (κ1) is 22.9. The van der Waals surface area contributed by atoms with Crippen molar-refractivity contribution in [1.82, 2.24) is 15.5 Å². The van der Waals surface area contributed by atoms with Crippen molar-refractivity contribution >= 4 is 5.96 Å². The van der Waals surface area contributed by atoms with Crippen LogP contribution in [0.2, 0.25) is 0 Å². The summed E-state index contributed by atoms with van der Waals surface area (Å²) in [4.78, 5) is 7.01. The van der Waals surface area contributed by atoms with Gasteiger partial charge in [0.1, 0.15) is 5.76 Å². The fourth-order valence-corrected chi connectivity index (χ4v) is 3.66. The number of nitrogens with zero attached hydrogens (tertiary/aromatic N) is 2. The zero-order chi connectivity index (χ0) is 22.1. The van der Waals surface area contributed by atoms with E-state index in [1.54, 1.807) is 18.4 Å². The molecule has 0 amide bonds. The van der Waals surface area contributed by atoms with Crippen molar-refractivity contribution in [2.24, 2.45) is 4.99 Å². The topological polar surface area (TPSA) is 71.3 Å². The number of likely N-dealkylation sites (tertiary alicyclic amines) is 1. The summed E-state index contributed by atoms with van der Waals surface area (Å²) in [5.41, 5.74) is 0.732. The van der Waals surface area contributed by atoms with Gasteiger partial charge < -0.3 is 24.5 Å². The second-order valence-electron chi connectivity index (χ2n) is 7.21. The van der Waals surface area contributed by atoms with Gasteiger partial charge >= 0.3 is 6.61 Å². The largest absolute Gasteiger partial charge is 0.493 e. The second kappa shape index (κ2) is 11.5. The van der Waals surface area contributed by atoms with Gasteiger partial charge in [0.25, 0.3) is 0 Å². The van der Waals surface area contributed by atoms with Gasteiger partial charge in [0.15, 0.2) is 17.5 Å². The van der Waals surface area contributed by atoms with Crippen LogP contribution in [-0.2, 0) is 6.54 Å². The van der Waals surface area contributed by atoms with Crippen molar-refractivity contribution < 1.29 is 22.7 Å². The van der Waals surface area contributed by atoms with Crippen LogP contribution in [0.3, 0.4) is 0 Å². The van der Waals surface area contributed by atoms with Crippen LogP contribution in [0.15, 0.2) is 46.0 Å². The smallest absolute Gasteiger partial charge is 0.387 e. The first-order chi connectivity index (χ1) is 15.1. The molecular weight excluding hydrogens is 406 g/mol. The SMILES string of the molecule is CCNC(=NCc1ccc(OC)c(OC(F)F)c1)NCC(c1ccco1)N1CCCC1. The third-order valence-corrected chi connectivity index (χ3v) is 5.12. The number of alkyl halides is 2. The van der Waals surface area contributed by atoms with E-state index in [2.05, 4.69) is 25.3 Å². The van der Waals surface area contributed by atoms with Crippen molar-refractivity contribution in [1.29, 1.82) is 0 Å². The lowest BCUT2D eigenvalue weighted by Gasteiger charge is -2.26. The summed E-state index contributed by atoms with van der Waals surface area (Å²) in [6.45, 7) is 2.79. The number of aliphatic imine (C=N–C) groups is 1. The predicted molar refractivity (Wildman–Crippen MR) is 115 cm³/mol. The van der Waals surface area contributed by atoms with Crippen molar-refractivity contribution in [3.8, 4) is 11.5 Å². The summed E-state index contributed by atoms with van der Waals surface area (Å²) < 4.78 is 40.6. The lowest BCUT2D eigenvalue weighted by atomic mass is 10.2. The molecule has 31 heavy (non-hydrogen) atoms. The molecule has 1 saturated heterocycles. The Morgan fingerprint density at radius 2 is 2.00 bits per heavy atom. The number of guanidine groups is 1. The Kier molecular flexibility index (Phi) is 8.52. The molecule has 2 heterocycles. The van der Waals surface area contributed by atoms with Crippen LogP contribution < -0.4 is 20.1 Å². The monoisotopic (exact) mass is 436 g/mol. The Balaban J connectivity index is 1.68. The van der Waals surface area contributed by atoms with Gasteiger partial charge in [0, 0.05) is 13.1 Å². The third-order valence-electron chi connectivity index (χ3n) is 5.12. The third kappa shape index (κ3) is 6.58. The lowest BCUT2D eigenvalue weighted by Crippen LogP contribution is -2.42. The molecule has 1 aromatic heterocycles. The second-order valence-corrected chi connectivity index (χ2v) is 7.21. The molecule has 1 unspecified atom stereocenters. The predicted octanol–water partition coefficient (Wildman–Crippen LogP) is 3.78. The van der Waals surface area contributed by atoms with Crippen LogP contribution in [0.4, 0.5) is 8.78 Å². The van der Waals surface area contributed by atoms with Gasteiger partial charge in [0.2, 0.25) is 0 Å². The van der Waals surface area contributed by atoms with Gasteiger partial charge in [-0.3, -0.25) is 4.90 Å². The highest BCUT2D eigenvalue weighted by molar-refractivity contribution is 5.79. The summed E-state index contributed by atoms with van der Waals surface area (Å²) in [7, 11) is 1.41. The van der Waals surface area contributed by atoms with Crippen LogP contribution in [0.5, 0.6) is 11.5 Å². The summed E-state index contributed by atoms with van der Waals surface area (Å²) in [6, 6.07) is 8.92. The number of nitrogens with one attached hydrogen (secondary N) is 2. The molecule has 1 aliphatic heterocycles. The van der Waals surface area contributed by atoms with E-state index in [1.807, 2.05) is 19.1 Å². The van der Waals surface area contributed by atoms with E-state index in [1.165, 1.54) is 26.0 Å². The lowest BCUT2D eigenvalue weighted by molar-refractivity contribution is -0.0512. The van der Waals surface area contributed by atoms with Crippen LogP contribution >= 0.6 is 0 Å². The number of benzene rings is 1. The molecular formula is C22H30F2N4O3. The number of methoxy groups -OCH3 is 1. The quantitative estimate of drug-likeness (QED) is 0.436. The maximum atomic E-state index is 12.7. The van der Waals surface area contributed by atoms with Crippen LogP contribution in [-0.4, -0.2) is 50.8 Å². The zero-order valence-corrected chi connectivity index (χ0v) is 17.9. The summed E-state index contributed by atoms with van der Waals surface area (Å²) in [5.74, 6) is 1.82. The Morgan fingerprint density at radius 1 is 1.19 bits per heavy atom. The van der Waals surface area contributed by atoms with Crippen molar-refractivity contribution in [3.05, 3.63) is 47.9 Å². The molecule has 0 saturated carbocycles. The number of rotatable bonds is 10. The molecule has 0 radical (unpaired) electrons. The van der Waals surface area contributed by atoms with Crippen LogP contribution in [0.1, 0.15) is 37.1 Å². The molecule has 9 heteroatoms. The minimum absolute atomic E-state index is 0.00456. The highest BCUT2D eigenvalue weighted by Crippen LogP contribution is 2.30. The van der Waals surface area contributed by atoms with Gasteiger partial charge in [-0.15, -0.1) is 0 Å². The molecule has 7 nitrogen and oxygen atoms in total. The Bertz CT molecular complexity index is 824. The first-order valence-corrected chi connectivity index (χ1v) is 10.5. The minimum Gasteiger partial charge on any atom is -0.493 e. The molecule has 0 bridgehead atoms. The van der Waals surface area contributed by atoms with Crippen molar-refractivity contribution in [2.75, 3.05) is 33.3 Å². The number of halogens is 2. The van der Waals surface area contributed by atoms with Crippen molar-refractivity contribution in [2.45, 2.75) is 39.0 Å². The Hall–Kier alpha value is -2.81. The van der Waals surface area contributed by atoms with Crippen LogP contribution in [0, 0.1) is 0 Å². The van der Waals surface area contributed by atoms with Crippen molar-refractivity contribution in [3.63, 3.8) is 0 Å². The number of hydrogen-bond acceptors (Lipinski definition) is 5. The standard InChI is InChI=1S/C22H30F2N4O3/c1-3-25-22(26-14-16-8-9-19(29-2)20(13-16)31-21(23)24)27-15-17(18-7-6-12-30-18)28-10-4-5-11-28/h6-9,12-13,17,21H,3-5,10-11,14-15H2,1-2H3,(H2,25,26,27). The fraction of sp³-hybridized carbons (Fsp3) is 0.500. The molecule has 2 aromatic rings. The van der Waals surface area contributed by atoms with E-state index in [9.17, 15) is 8.78 Å². The van der Waals surface area contributed by atoms with Gasteiger partial charge in [0.05, 0.1) is 26.0 Å². The molecule has 1 fully saturated rings.